The van der Waals surface area contributed by atoms with E-state index in [-0.39, 0.29) is 17.0 Å². The van der Waals surface area contributed by atoms with Gasteiger partial charge in [0.05, 0.1) is 28.5 Å². The first-order valence-corrected chi connectivity index (χ1v) is 13.3. The first kappa shape index (κ1) is 22.2. The molecule has 0 unspecified atom stereocenters. The monoisotopic (exact) mass is 502 g/mol. The van der Waals surface area contributed by atoms with E-state index >= 15 is 0 Å². The first-order chi connectivity index (χ1) is 17.4. The van der Waals surface area contributed by atoms with E-state index in [4.69, 9.17) is 9.40 Å². The Hall–Kier alpha value is -4.25. The van der Waals surface area contributed by atoms with E-state index in [2.05, 4.69) is 20.2 Å². The summed E-state index contributed by atoms with van der Waals surface area (Å²) in [5.74, 6) is 1.42. The Kier molecular flexibility index (Phi) is 5.22. The summed E-state index contributed by atoms with van der Waals surface area (Å²) in [5.41, 5.74) is 2.67. The average Bonchev–Trinajstić information content (AvgIpc) is 3.55. The van der Waals surface area contributed by atoms with Gasteiger partial charge in [-0.1, -0.05) is 18.2 Å². The van der Waals surface area contributed by atoms with Crippen molar-refractivity contribution < 1.29 is 17.6 Å². The number of urea groups is 1. The quantitative estimate of drug-likeness (QED) is 0.447. The van der Waals surface area contributed by atoms with Crippen LogP contribution in [0.4, 0.5) is 22.1 Å². The van der Waals surface area contributed by atoms with Gasteiger partial charge in [0.1, 0.15) is 11.5 Å². The molecule has 0 saturated carbocycles. The molecular weight excluding hydrogens is 480 g/mol. The second-order valence-corrected chi connectivity index (χ2v) is 10.8. The molecule has 0 aliphatic carbocycles. The molecule has 2 amide bonds. The van der Waals surface area contributed by atoms with Gasteiger partial charge in [-0.25, -0.2) is 28.2 Å². The van der Waals surface area contributed by atoms with Crippen LogP contribution in [0.2, 0.25) is 0 Å². The number of amides is 2. The van der Waals surface area contributed by atoms with E-state index in [0.29, 0.717) is 34.3 Å². The lowest BCUT2D eigenvalue weighted by Gasteiger charge is -2.35. The van der Waals surface area contributed by atoms with Crippen molar-refractivity contribution in [1.82, 2.24) is 15.0 Å². The number of nitrogens with zero attached hydrogens (tertiary/aromatic N) is 5. The minimum absolute atomic E-state index is 0.0416. The van der Waals surface area contributed by atoms with Crippen molar-refractivity contribution in [2.24, 2.45) is 0 Å². The number of oxazole rings is 1. The number of pyridine rings is 2. The summed E-state index contributed by atoms with van der Waals surface area (Å²) in [6, 6.07) is 15.4. The summed E-state index contributed by atoms with van der Waals surface area (Å²) in [5, 5.41) is 2.90. The standard InChI is InChI=1S/C25H22N6O4S/c1-36(33,34)18-5-2-4-16(12-18)19-8-9-21-24(28-19)31(17-10-11-30(21)14-17)25(32)29-23-7-3-6-20(27-23)22-13-26-15-35-22/h2-9,12-13,15,17H,10-11,14H2,1H3,(H,27,29,32)/t17-/m0/s1. The van der Waals surface area contributed by atoms with Crippen LogP contribution < -0.4 is 15.1 Å². The molecule has 36 heavy (non-hydrogen) atoms. The zero-order chi connectivity index (χ0) is 24.9. The van der Waals surface area contributed by atoms with Crippen LogP contribution in [0.5, 0.6) is 0 Å². The second kappa shape index (κ2) is 8.45. The van der Waals surface area contributed by atoms with Crippen LogP contribution in [0.25, 0.3) is 22.7 Å². The minimum atomic E-state index is -3.37. The number of aromatic nitrogens is 3. The molecule has 2 bridgehead atoms. The van der Waals surface area contributed by atoms with Crippen molar-refractivity contribution in [3.05, 3.63) is 67.2 Å². The Morgan fingerprint density at radius 3 is 2.75 bits per heavy atom. The molecule has 1 atom stereocenters. The van der Waals surface area contributed by atoms with Crippen LogP contribution in [0.3, 0.4) is 0 Å². The lowest BCUT2D eigenvalue weighted by molar-refractivity contribution is 0.254. The van der Waals surface area contributed by atoms with E-state index in [1.807, 2.05) is 18.2 Å². The highest BCUT2D eigenvalue weighted by Gasteiger charge is 2.40. The summed E-state index contributed by atoms with van der Waals surface area (Å²) in [6.45, 7) is 1.54. The van der Waals surface area contributed by atoms with Crippen molar-refractivity contribution in [3.63, 3.8) is 0 Å². The molecule has 10 nitrogen and oxygen atoms in total. The molecule has 1 saturated heterocycles. The number of carbonyl (C=O) groups excluding carboxylic acids is 1. The zero-order valence-electron chi connectivity index (χ0n) is 19.3. The summed E-state index contributed by atoms with van der Waals surface area (Å²) in [4.78, 5) is 30.9. The van der Waals surface area contributed by atoms with Crippen LogP contribution in [0.15, 0.2) is 76.5 Å². The summed E-state index contributed by atoms with van der Waals surface area (Å²) >= 11 is 0. The van der Waals surface area contributed by atoms with E-state index in [9.17, 15) is 13.2 Å². The van der Waals surface area contributed by atoms with Gasteiger partial charge >= 0.3 is 6.03 Å². The number of hydrogen-bond acceptors (Lipinski definition) is 8. The van der Waals surface area contributed by atoms with Crippen molar-refractivity contribution in [1.29, 1.82) is 0 Å². The summed E-state index contributed by atoms with van der Waals surface area (Å²) in [6.07, 6.45) is 4.88. The lowest BCUT2D eigenvalue weighted by atomic mass is 10.1. The van der Waals surface area contributed by atoms with Crippen LogP contribution in [-0.4, -0.2) is 54.8 Å². The number of rotatable bonds is 4. The maximum atomic E-state index is 13.6. The molecule has 11 heteroatoms. The number of carbonyl (C=O) groups is 1. The second-order valence-electron chi connectivity index (χ2n) is 8.80. The number of anilines is 3. The zero-order valence-corrected chi connectivity index (χ0v) is 20.1. The van der Waals surface area contributed by atoms with Crippen LogP contribution in [-0.2, 0) is 9.84 Å². The third-order valence-electron chi connectivity index (χ3n) is 6.40. The number of nitrogens with one attached hydrogen (secondary N) is 1. The van der Waals surface area contributed by atoms with Gasteiger partial charge in [-0.2, -0.15) is 0 Å². The molecule has 5 heterocycles. The molecule has 4 aromatic rings. The molecule has 0 radical (unpaired) electrons. The topological polar surface area (TPSA) is 122 Å². The van der Waals surface area contributed by atoms with Crippen LogP contribution in [0, 0.1) is 0 Å². The molecule has 6 rings (SSSR count). The molecule has 3 aromatic heterocycles. The van der Waals surface area contributed by atoms with Gasteiger partial charge in [-0.15, -0.1) is 0 Å². The van der Waals surface area contributed by atoms with Gasteiger partial charge in [0.15, 0.2) is 27.8 Å². The van der Waals surface area contributed by atoms with Gasteiger partial charge < -0.3 is 9.32 Å². The predicted octanol–water partition coefficient (Wildman–Crippen LogP) is 3.83. The Bertz CT molecular complexity index is 1570. The SMILES string of the molecule is CS(=O)(=O)c1cccc(-c2ccc3c(n2)N(C(=O)Nc2cccc(-c4cnco4)n2)[C@H]2CCN3C2)c1. The maximum Gasteiger partial charge on any atom is 0.329 e. The Labute approximate surface area is 207 Å². The molecule has 1 aromatic carbocycles. The normalized spacial score (nSPS) is 16.6. The van der Waals surface area contributed by atoms with Crippen molar-refractivity contribution in [2.75, 3.05) is 34.5 Å². The molecule has 0 spiro atoms. The highest BCUT2D eigenvalue weighted by Crippen LogP contribution is 2.40. The number of sulfone groups is 1. The van der Waals surface area contributed by atoms with Gasteiger partial charge in [0.2, 0.25) is 0 Å². The van der Waals surface area contributed by atoms with Crippen molar-refractivity contribution in [3.8, 4) is 22.7 Å². The maximum absolute atomic E-state index is 13.6. The molecule has 1 fully saturated rings. The fourth-order valence-electron chi connectivity index (χ4n) is 4.67. The predicted molar refractivity (Wildman–Crippen MR) is 135 cm³/mol. The highest BCUT2D eigenvalue weighted by atomic mass is 32.2. The highest BCUT2D eigenvalue weighted by molar-refractivity contribution is 7.90. The van der Waals surface area contributed by atoms with E-state index in [1.165, 1.54) is 12.6 Å². The third kappa shape index (κ3) is 3.97. The minimum Gasteiger partial charge on any atom is -0.442 e. The van der Waals surface area contributed by atoms with E-state index in [0.717, 1.165) is 25.2 Å². The Morgan fingerprint density at radius 1 is 1.08 bits per heavy atom. The Morgan fingerprint density at radius 2 is 1.94 bits per heavy atom. The molecule has 1 N–H and O–H groups in total. The van der Waals surface area contributed by atoms with Crippen LogP contribution >= 0.6 is 0 Å². The van der Waals surface area contributed by atoms with Crippen molar-refractivity contribution in [2.45, 2.75) is 17.4 Å². The summed E-state index contributed by atoms with van der Waals surface area (Å²) in [7, 11) is -3.37. The van der Waals surface area contributed by atoms with Gasteiger partial charge in [-0.05, 0) is 42.8 Å². The molecule has 2 aliphatic rings. The fourth-order valence-corrected chi connectivity index (χ4v) is 5.34. The molecule has 182 valence electrons. The third-order valence-corrected chi connectivity index (χ3v) is 7.51. The molecule has 2 aliphatic heterocycles. The Balaban J connectivity index is 1.35. The number of fused-ring (bicyclic) bond motifs is 4. The number of benzene rings is 1. The van der Waals surface area contributed by atoms with Gasteiger partial charge in [0, 0.05) is 24.9 Å². The van der Waals surface area contributed by atoms with Gasteiger partial charge in [-0.3, -0.25) is 10.2 Å². The summed E-state index contributed by atoms with van der Waals surface area (Å²) < 4.78 is 29.4. The lowest BCUT2D eigenvalue weighted by Crippen LogP contribution is -2.48. The largest absolute Gasteiger partial charge is 0.442 e. The fraction of sp³-hybridized carbons (Fsp3) is 0.200. The van der Waals surface area contributed by atoms with Gasteiger partial charge in [0.25, 0.3) is 0 Å². The van der Waals surface area contributed by atoms with E-state index < -0.39 is 9.84 Å². The smallest absolute Gasteiger partial charge is 0.329 e. The number of hydrogen-bond donors (Lipinski definition) is 1. The van der Waals surface area contributed by atoms with E-state index in [1.54, 1.807) is 47.5 Å². The van der Waals surface area contributed by atoms with Crippen molar-refractivity contribution >= 4 is 33.2 Å². The van der Waals surface area contributed by atoms with Crippen LogP contribution in [0.1, 0.15) is 6.42 Å². The average molecular weight is 503 g/mol. The molecular formula is C25H22N6O4S. The first-order valence-electron chi connectivity index (χ1n) is 11.4.